The minimum absolute atomic E-state index is 0.0409. The van der Waals surface area contributed by atoms with E-state index >= 15 is 0 Å². The maximum absolute atomic E-state index is 11.9. The van der Waals surface area contributed by atoms with Gasteiger partial charge in [-0.25, -0.2) is 0 Å². The molecule has 0 bridgehead atoms. The number of amides is 1. The molecule has 1 atom stereocenters. The standard InChI is InChI=1S/C15H15NO4/c1-19-15(18)11-7-14(17)16(8-11)9-12-6-10-4-2-3-5-13(10)20-12/h2-6,11H,7-9H2,1H3. The van der Waals surface area contributed by atoms with Crippen molar-refractivity contribution >= 4 is 22.8 Å². The summed E-state index contributed by atoms with van der Waals surface area (Å²) in [4.78, 5) is 25.0. The number of para-hydroxylation sites is 1. The first-order chi connectivity index (χ1) is 9.67. The molecule has 0 aliphatic carbocycles. The molecule has 2 heterocycles. The van der Waals surface area contributed by atoms with Crippen molar-refractivity contribution in [3.8, 4) is 0 Å². The average molecular weight is 273 g/mol. The molecule has 1 aliphatic rings. The van der Waals surface area contributed by atoms with Crippen LogP contribution in [0.3, 0.4) is 0 Å². The zero-order chi connectivity index (χ0) is 14.1. The lowest BCUT2D eigenvalue weighted by Crippen LogP contribution is -2.25. The second kappa shape index (κ2) is 5.00. The van der Waals surface area contributed by atoms with E-state index in [1.165, 1.54) is 7.11 Å². The van der Waals surface area contributed by atoms with Crippen molar-refractivity contribution in [1.29, 1.82) is 0 Å². The third-order valence-electron chi connectivity index (χ3n) is 3.57. The summed E-state index contributed by atoms with van der Waals surface area (Å²) in [7, 11) is 1.34. The lowest BCUT2D eigenvalue weighted by Gasteiger charge is -2.14. The third-order valence-corrected chi connectivity index (χ3v) is 3.57. The van der Waals surface area contributed by atoms with Crippen molar-refractivity contribution in [3.05, 3.63) is 36.1 Å². The van der Waals surface area contributed by atoms with Crippen molar-refractivity contribution in [1.82, 2.24) is 4.90 Å². The number of ether oxygens (including phenoxy) is 1. The largest absolute Gasteiger partial charge is 0.469 e. The van der Waals surface area contributed by atoms with E-state index in [4.69, 9.17) is 4.42 Å². The number of likely N-dealkylation sites (tertiary alicyclic amines) is 1. The molecule has 1 fully saturated rings. The number of carbonyl (C=O) groups excluding carboxylic acids is 2. The molecule has 1 aromatic heterocycles. The highest BCUT2D eigenvalue weighted by Gasteiger charge is 2.35. The van der Waals surface area contributed by atoms with Gasteiger partial charge in [0.25, 0.3) is 0 Å². The third kappa shape index (κ3) is 2.27. The number of benzene rings is 1. The minimum Gasteiger partial charge on any atom is -0.469 e. The summed E-state index contributed by atoms with van der Waals surface area (Å²) >= 11 is 0. The topological polar surface area (TPSA) is 59.8 Å². The van der Waals surface area contributed by atoms with E-state index in [2.05, 4.69) is 4.74 Å². The van der Waals surface area contributed by atoms with Gasteiger partial charge in [0.15, 0.2) is 0 Å². The van der Waals surface area contributed by atoms with E-state index in [0.29, 0.717) is 13.1 Å². The molecule has 1 amide bonds. The first kappa shape index (κ1) is 12.7. The number of methoxy groups -OCH3 is 1. The van der Waals surface area contributed by atoms with Gasteiger partial charge in [0.1, 0.15) is 11.3 Å². The first-order valence-electron chi connectivity index (χ1n) is 6.50. The Balaban J connectivity index is 1.74. The normalized spacial score (nSPS) is 18.8. The fourth-order valence-corrected chi connectivity index (χ4v) is 2.55. The number of rotatable bonds is 3. The second-order valence-corrected chi connectivity index (χ2v) is 4.95. The van der Waals surface area contributed by atoms with Crippen LogP contribution in [0.1, 0.15) is 12.2 Å². The van der Waals surface area contributed by atoms with Crippen molar-refractivity contribution < 1.29 is 18.7 Å². The molecule has 0 N–H and O–H groups in total. The summed E-state index contributed by atoms with van der Waals surface area (Å²) in [6.45, 7) is 0.781. The summed E-state index contributed by atoms with van der Waals surface area (Å²) < 4.78 is 10.4. The molecule has 2 aromatic rings. The lowest BCUT2D eigenvalue weighted by atomic mass is 10.1. The summed E-state index contributed by atoms with van der Waals surface area (Å²) in [6, 6.07) is 9.63. The lowest BCUT2D eigenvalue weighted by molar-refractivity contribution is -0.145. The van der Waals surface area contributed by atoms with Gasteiger partial charge < -0.3 is 14.1 Å². The highest BCUT2D eigenvalue weighted by atomic mass is 16.5. The van der Waals surface area contributed by atoms with Crippen LogP contribution in [0.5, 0.6) is 0 Å². The molecule has 3 rings (SSSR count). The highest BCUT2D eigenvalue weighted by Crippen LogP contribution is 2.24. The number of fused-ring (bicyclic) bond motifs is 1. The number of furan rings is 1. The molecule has 1 aliphatic heterocycles. The molecule has 1 unspecified atom stereocenters. The maximum atomic E-state index is 11.9. The Labute approximate surface area is 116 Å². The average Bonchev–Trinajstić information content (AvgIpc) is 3.02. The van der Waals surface area contributed by atoms with E-state index in [0.717, 1.165) is 16.7 Å². The van der Waals surface area contributed by atoms with Crippen LogP contribution in [0.25, 0.3) is 11.0 Å². The van der Waals surface area contributed by atoms with Crippen LogP contribution >= 0.6 is 0 Å². The van der Waals surface area contributed by atoms with Crippen LogP contribution in [0.15, 0.2) is 34.7 Å². The molecule has 0 spiro atoms. The monoisotopic (exact) mass is 273 g/mol. The van der Waals surface area contributed by atoms with Gasteiger partial charge >= 0.3 is 5.97 Å². The quantitative estimate of drug-likeness (QED) is 0.802. The summed E-state index contributed by atoms with van der Waals surface area (Å²) in [6.07, 6.45) is 0.215. The minimum atomic E-state index is -0.364. The predicted molar refractivity (Wildman–Crippen MR) is 71.8 cm³/mol. The maximum Gasteiger partial charge on any atom is 0.310 e. The predicted octanol–water partition coefficient (Wildman–Crippen LogP) is 1.95. The van der Waals surface area contributed by atoms with Crippen molar-refractivity contribution in [3.63, 3.8) is 0 Å². The van der Waals surface area contributed by atoms with Crippen LogP contribution in [-0.2, 0) is 20.9 Å². The Morgan fingerprint density at radius 2 is 2.25 bits per heavy atom. The Hall–Kier alpha value is -2.30. The number of hydrogen-bond acceptors (Lipinski definition) is 4. The highest BCUT2D eigenvalue weighted by molar-refractivity contribution is 5.86. The van der Waals surface area contributed by atoms with Gasteiger partial charge in [0.2, 0.25) is 5.91 Å². The van der Waals surface area contributed by atoms with Crippen LogP contribution in [-0.4, -0.2) is 30.4 Å². The van der Waals surface area contributed by atoms with Crippen LogP contribution < -0.4 is 0 Å². The Morgan fingerprint density at radius 1 is 1.45 bits per heavy atom. The van der Waals surface area contributed by atoms with Gasteiger partial charge in [-0.1, -0.05) is 18.2 Å². The molecule has 0 saturated carbocycles. The fourth-order valence-electron chi connectivity index (χ4n) is 2.55. The Kier molecular flexibility index (Phi) is 3.18. The molecular weight excluding hydrogens is 258 g/mol. The summed E-state index contributed by atoms with van der Waals surface area (Å²) in [5.74, 6) is -0.00624. The molecule has 20 heavy (non-hydrogen) atoms. The molecule has 104 valence electrons. The Bertz CT molecular complexity index is 628. The van der Waals surface area contributed by atoms with Crippen molar-refractivity contribution in [2.75, 3.05) is 13.7 Å². The number of esters is 1. The first-order valence-corrected chi connectivity index (χ1v) is 6.50. The van der Waals surface area contributed by atoms with Gasteiger partial charge in [-0.05, 0) is 12.1 Å². The molecular formula is C15H15NO4. The van der Waals surface area contributed by atoms with Gasteiger partial charge in [0.05, 0.1) is 19.6 Å². The number of carbonyl (C=O) groups is 2. The van der Waals surface area contributed by atoms with Crippen LogP contribution in [0, 0.1) is 5.92 Å². The van der Waals surface area contributed by atoms with Crippen molar-refractivity contribution in [2.45, 2.75) is 13.0 Å². The smallest absolute Gasteiger partial charge is 0.310 e. The summed E-state index contributed by atoms with van der Waals surface area (Å²) in [5, 5.41) is 1.01. The fraction of sp³-hybridized carbons (Fsp3) is 0.333. The number of nitrogens with zero attached hydrogens (tertiary/aromatic N) is 1. The van der Waals surface area contributed by atoms with E-state index in [1.807, 2.05) is 30.3 Å². The second-order valence-electron chi connectivity index (χ2n) is 4.95. The molecule has 1 aromatic carbocycles. The van der Waals surface area contributed by atoms with Gasteiger partial charge in [-0.2, -0.15) is 0 Å². The molecule has 1 saturated heterocycles. The Morgan fingerprint density at radius 3 is 3.00 bits per heavy atom. The van der Waals surface area contributed by atoms with E-state index in [9.17, 15) is 9.59 Å². The van der Waals surface area contributed by atoms with E-state index in [1.54, 1.807) is 4.90 Å². The zero-order valence-electron chi connectivity index (χ0n) is 11.2. The zero-order valence-corrected chi connectivity index (χ0v) is 11.2. The molecule has 5 heteroatoms. The van der Waals surface area contributed by atoms with Crippen LogP contribution in [0.4, 0.5) is 0 Å². The number of hydrogen-bond donors (Lipinski definition) is 0. The van der Waals surface area contributed by atoms with Crippen molar-refractivity contribution in [2.24, 2.45) is 5.92 Å². The molecule has 5 nitrogen and oxygen atoms in total. The van der Waals surface area contributed by atoms with Gasteiger partial charge in [-0.15, -0.1) is 0 Å². The van der Waals surface area contributed by atoms with E-state index < -0.39 is 0 Å². The molecule has 0 radical (unpaired) electrons. The van der Waals surface area contributed by atoms with Gasteiger partial charge in [-0.3, -0.25) is 9.59 Å². The van der Waals surface area contributed by atoms with Crippen LogP contribution in [0.2, 0.25) is 0 Å². The van der Waals surface area contributed by atoms with E-state index in [-0.39, 0.29) is 24.2 Å². The van der Waals surface area contributed by atoms with Gasteiger partial charge in [0, 0.05) is 18.4 Å². The summed E-state index contributed by atoms with van der Waals surface area (Å²) in [5.41, 5.74) is 0.804. The SMILES string of the molecule is COC(=O)C1CC(=O)N(Cc2cc3ccccc3o2)C1.